The number of allylic oxidation sites excluding steroid dienone is 2. The van der Waals surface area contributed by atoms with E-state index in [4.69, 9.17) is 30.1 Å². The second-order valence-corrected chi connectivity index (χ2v) is 5.02. The maximum Gasteiger partial charge on any atom is 0.328 e. The van der Waals surface area contributed by atoms with Gasteiger partial charge in [-0.25, -0.2) is 4.79 Å². The van der Waals surface area contributed by atoms with Gasteiger partial charge < -0.3 is 40.1 Å². The van der Waals surface area contributed by atoms with Crippen molar-refractivity contribution in [3.63, 3.8) is 0 Å². The van der Waals surface area contributed by atoms with Gasteiger partial charge in [0.05, 0.1) is 13.0 Å². The molecule has 0 aliphatic carbocycles. The second-order valence-electron chi connectivity index (χ2n) is 5.02. The van der Waals surface area contributed by atoms with Gasteiger partial charge >= 0.3 is 11.9 Å². The third kappa shape index (κ3) is 5.52. The van der Waals surface area contributed by atoms with Crippen LogP contribution in [0.25, 0.3) is 0 Å². The number of rotatable bonds is 7. The van der Waals surface area contributed by atoms with E-state index in [9.17, 15) is 24.9 Å². The van der Waals surface area contributed by atoms with Crippen molar-refractivity contribution in [3.8, 4) is 6.07 Å². The molecule has 11 nitrogen and oxygen atoms in total. The van der Waals surface area contributed by atoms with Crippen molar-refractivity contribution in [1.82, 2.24) is 0 Å². The minimum atomic E-state index is -1.81. The summed E-state index contributed by atoms with van der Waals surface area (Å²) in [7, 11) is 0. The molecule has 0 spiro atoms. The Bertz CT molecular complexity index is 605. The number of hydrogen-bond acceptors (Lipinski definition) is 9. The number of aliphatic hydroxyl groups excluding tert-OH is 4. The number of nitrogens with zero attached hydrogens (tertiary/aromatic N) is 1. The summed E-state index contributed by atoms with van der Waals surface area (Å²) >= 11 is 0. The third-order valence-corrected chi connectivity index (χ3v) is 3.24. The van der Waals surface area contributed by atoms with E-state index in [1.807, 2.05) is 0 Å². The van der Waals surface area contributed by atoms with Crippen LogP contribution in [0.15, 0.2) is 23.5 Å². The van der Waals surface area contributed by atoms with Crippen LogP contribution in [-0.2, 0) is 19.1 Å². The number of nitriles is 1. The van der Waals surface area contributed by atoms with Crippen molar-refractivity contribution in [2.75, 3.05) is 6.61 Å². The van der Waals surface area contributed by atoms with Gasteiger partial charge in [0.15, 0.2) is 0 Å². The molecule has 6 N–H and O–H groups in total. The molecule has 0 unspecified atom stereocenters. The van der Waals surface area contributed by atoms with Crippen molar-refractivity contribution >= 4 is 11.9 Å². The number of aliphatic hydroxyl groups is 4. The largest absolute Gasteiger partial charge is 0.481 e. The number of aliphatic carboxylic acids is 2. The van der Waals surface area contributed by atoms with Gasteiger partial charge in [0.1, 0.15) is 30.5 Å². The molecule has 1 aliphatic heterocycles. The summed E-state index contributed by atoms with van der Waals surface area (Å²) in [5.74, 6) is -3.44. The summed E-state index contributed by atoms with van der Waals surface area (Å²) in [6.45, 7) is -0.725. The van der Waals surface area contributed by atoms with Crippen LogP contribution in [0, 0.1) is 11.3 Å². The Labute approximate surface area is 141 Å². The first-order valence-electron chi connectivity index (χ1n) is 6.94. The number of ether oxygens (including phenoxy) is 2. The average molecular weight is 359 g/mol. The summed E-state index contributed by atoms with van der Waals surface area (Å²) in [6, 6.07) is 1.51. The molecule has 1 fully saturated rings. The van der Waals surface area contributed by atoms with Crippen LogP contribution in [0.5, 0.6) is 0 Å². The lowest BCUT2D eigenvalue weighted by atomic mass is 9.99. The fraction of sp³-hybridized carbons (Fsp3) is 0.500. The first kappa shape index (κ1) is 20.6. The number of carbonyl (C=O) groups is 2. The molecule has 5 atom stereocenters. The van der Waals surface area contributed by atoms with Gasteiger partial charge in [0.25, 0.3) is 0 Å². The van der Waals surface area contributed by atoms with Crippen LogP contribution in [0.2, 0.25) is 0 Å². The molecule has 0 amide bonds. The molecule has 0 aromatic carbocycles. The second kappa shape index (κ2) is 9.11. The van der Waals surface area contributed by atoms with Crippen molar-refractivity contribution in [1.29, 1.82) is 5.26 Å². The molecule has 1 aliphatic rings. The van der Waals surface area contributed by atoms with Gasteiger partial charge in [-0.3, -0.25) is 4.79 Å². The first-order valence-corrected chi connectivity index (χ1v) is 6.94. The van der Waals surface area contributed by atoms with Crippen molar-refractivity contribution in [2.45, 2.75) is 37.1 Å². The molecule has 0 saturated carbocycles. The van der Waals surface area contributed by atoms with Gasteiger partial charge in [-0.05, 0) is 6.08 Å². The molecule has 25 heavy (non-hydrogen) atoms. The highest BCUT2D eigenvalue weighted by molar-refractivity contribution is 5.81. The summed E-state index contributed by atoms with van der Waals surface area (Å²) in [5.41, 5.74) is -0.325. The van der Waals surface area contributed by atoms with E-state index in [-0.39, 0.29) is 5.57 Å². The van der Waals surface area contributed by atoms with Crippen molar-refractivity contribution in [2.24, 2.45) is 0 Å². The standard InChI is InChI=1S/C14H17NO10/c15-4-7(6(3-10(19)20)1-2-9(17)18)24-14-13(23)12(22)11(21)8(5-16)25-14/h1-2,8,11-14,16,21-23H,3,5H2,(H,17,18)(H,19,20)/b2-1-,7-6-/t8-,11-,12+,13-,14-/m1/s1. The number of hydrogen-bond donors (Lipinski definition) is 6. The summed E-state index contributed by atoms with van der Waals surface area (Å²) in [5, 5.41) is 64.8. The fourth-order valence-electron chi connectivity index (χ4n) is 2.00. The maximum atomic E-state index is 10.9. The Balaban J connectivity index is 3.12. The van der Waals surface area contributed by atoms with Gasteiger partial charge in [-0.15, -0.1) is 0 Å². The Morgan fingerprint density at radius 3 is 2.24 bits per heavy atom. The summed E-state index contributed by atoms with van der Waals surface area (Å²) in [6.07, 6.45) is -7.54. The van der Waals surface area contributed by atoms with E-state index in [1.165, 1.54) is 6.07 Å². The van der Waals surface area contributed by atoms with Gasteiger partial charge in [-0.1, -0.05) is 0 Å². The lowest BCUT2D eigenvalue weighted by molar-refractivity contribution is -0.290. The van der Waals surface area contributed by atoms with E-state index in [2.05, 4.69) is 0 Å². The van der Waals surface area contributed by atoms with Crippen LogP contribution in [0.4, 0.5) is 0 Å². The minimum absolute atomic E-state index is 0.325. The highest BCUT2D eigenvalue weighted by Crippen LogP contribution is 2.25. The Kier molecular flexibility index (Phi) is 7.49. The zero-order chi connectivity index (χ0) is 19.1. The quantitative estimate of drug-likeness (QED) is 0.124. The SMILES string of the molecule is N#C/C(O[C@@H]1O[C@H](CO)[C@@H](O)[C@H](O)[C@H]1O)=C(\C=C/C(=O)O)CC(=O)O. The molecule has 1 heterocycles. The van der Waals surface area contributed by atoms with Crippen LogP contribution in [0.3, 0.4) is 0 Å². The zero-order valence-electron chi connectivity index (χ0n) is 12.7. The van der Waals surface area contributed by atoms with Crippen LogP contribution in [0.1, 0.15) is 6.42 Å². The smallest absolute Gasteiger partial charge is 0.328 e. The lowest BCUT2D eigenvalue weighted by Crippen LogP contribution is -2.59. The third-order valence-electron chi connectivity index (χ3n) is 3.24. The van der Waals surface area contributed by atoms with Crippen LogP contribution in [-0.4, -0.2) is 79.9 Å². The van der Waals surface area contributed by atoms with Crippen molar-refractivity contribution < 1.29 is 49.7 Å². The highest BCUT2D eigenvalue weighted by Gasteiger charge is 2.45. The molecule has 0 radical (unpaired) electrons. The molecule has 1 rings (SSSR count). The monoisotopic (exact) mass is 359 g/mol. The van der Waals surface area contributed by atoms with Crippen LogP contribution >= 0.6 is 0 Å². The fourth-order valence-corrected chi connectivity index (χ4v) is 2.00. The lowest BCUT2D eigenvalue weighted by Gasteiger charge is -2.39. The van der Waals surface area contributed by atoms with Crippen LogP contribution < -0.4 is 0 Å². The summed E-state index contributed by atoms with van der Waals surface area (Å²) < 4.78 is 10.1. The topological polar surface area (TPSA) is 198 Å². The normalized spacial score (nSPS) is 30.4. The maximum absolute atomic E-state index is 10.9. The Morgan fingerprint density at radius 1 is 1.12 bits per heavy atom. The Hall–Kier alpha value is -2.49. The molecule has 1 saturated heterocycles. The minimum Gasteiger partial charge on any atom is -0.481 e. The number of carboxylic acids is 2. The summed E-state index contributed by atoms with van der Waals surface area (Å²) in [4.78, 5) is 21.4. The average Bonchev–Trinajstić information content (AvgIpc) is 2.55. The van der Waals surface area contributed by atoms with Gasteiger partial charge in [-0.2, -0.15) is 5.26 Å². The number of carboxylic acid groups (broad SMARTS) is 2. The van der Waals surface area contributed by atoms with Gasteiger partial charge in [0.2, 0.25) is 12.0 Å². The van der Waals surface area contributed by atoms with E-state index >= 15 is 0 Å². The Morgan fingerprint density at radius 2 is 1.76 bits per heavy atom. The van der Waals surface area contributed by atoms with E-state index in [1.54, 1.807) is 0 Å². The molecule has 0 bridgehead atoms. The molecule has 138 valence electrons. The van der Waals surface area contributed by atoms with E-state index in [0.717, 1.165) is 6.08 Å². The molecule has 0 aromatic heterocycles. The highest BCUT2D eigenvalue weighted by atomic mass is 16.7. The van der Waals surface area contributed by atoms with E-state index in [0.29, 0.717) is 6.08 Å². The predicted molar refractivity (Wildman–Crippen MR) is 76.5 cm³/mol. The van der Waals surface area contributed by atoms with Crippen molar-refractivity contribution in [3.05, 3.63) is 23.5 Å². The molecule has 11 heteroatoms. The zero-order valence-corrected chi connectivity index (χ0v) is 12.7. The predicted octanol–water partition coefficient (Wildman–Crippen LogP) is -2.30. The molecule has 0 aromatic rings. The van der Waals surface area contributed by atoms with Gasteiger partial charge in [0, 0.05) is 11.6 Å². The molecular weight excluding hydrogens is 342 g/mol. The van der Waals surface area contributed by atoms with E-state index < -0.39 is 61.4 Å². The molecular formula is C14H17NO10. The first-order chi connectivity index (χ1) is 11.7.